The second kappa shape index (κ2) is 15.8. The number of nitrogens with zero attached hydrogens (tertiary/aromatic N) is 6. The quantitative estimate of drug-likeness (QED) is 0.522. The summed E-state index contributed by atoms with van der Waals surface area (Å²) >= 11 is 0. The van der Waals surface area contributed by atoms with Gasteiger partial charge in [-0.1, -0.05) is 0 Å². The van der Waals surface area contributed by atoms with Gasteiger partial charge in [-0.2, -0.15) is 0 Å². The minimum Gasteiger partial charge on any atom is -0.349 e. The lowest BCUT2D eigenvalue weighted by Gasteiger charge is -2.50. The Labute approximate surface area is 242 Å². The predicted octanol–water partition coefficient (Wildman–Crippen LogP) is 3.40. The molecule has 3 aliphatic rings. The molecule has 6 nitrogen and oxygen atoms in total. The van der Waals surface area contributed by atoms with Gasteiger partial charge in [0.1, 0.15) is 0 Å². The van der Waals surface area contributed by atoms with Crippen LogP contribution < -0.4 is 0 Å². The molecule has 0 saturated carbocycles. The highest BCUT2D eigenvalue weighted by atomic mass is 15.3. The maximum absolute atomic E-state index is 5.98. The first-order valence-electron chi connectivity index (χ1n) is 15.3. The third kappa shape index (κ3) is 9.51. The maximum atomic E-state index is 5.98. The van der Waals surface area contributed by atoms with Crippen LogP contribution in [-0.2, 0) is 0 Å². The smallest absolute Gasteiger partial charge is 0.183 e. The molecule has 8 unspecified atom stereocenters. The third-order valence-electron chi connectivity index (χ3n) is 9.36. The van der Waals surface area contributed by atoms with Crippen molar-refractivity contribution in [2.24, 2.45) is 0 Å². The average molecular weight is 526 g/mol. The van der Waals surface area contributed by atoms with E-state index in [9.17, 15) is 0 Å². The van der Waals surface area contributed by atoms with E-state index in [1.54, 1.807) is 0 Å². The molecule has 3 fully saturated rings. The lowest BCUT2D eigenvalue weighted by Crippen LogP contribution is -2.62. The molecule has 3 saturated heterocycles. The van der Waals surface area contributed by atoms with E-state index in [1.807, 2.05) is 14.4 Å². The van der Waals surface area contributed by atoms with Crippen LogP contribution in [-0.4, -0.2) is 146 Å². The summed E-state index contributed by atoms with van der Waals surface area (Å²) in [5.74, 6) is 0. The Kier molecular flexibility index (Phi) is 15.0. The highest BCUT2D eigenvalue weighted by Crippen LogP contribution is 2.23. The van der Waals surface area contributed by atoms with Crippen LogP contribution in [0, 0.1) is 0 Å². The van der Waals surface area contributed by atoms with Crippen molar-refractivity contribution in [2.75, 3.05) is 26.2 Å². The number of rotatable bonds is 3. The van der Waals surface area contributed by atoms with Gasteiger partial charge in [0.2, 0.25) is 0 Å². The molecular weight excluding hydrogens is 465 g/mol. The van der Waals surface area contributed by atoms with Crippen molar-refractivity contribution in [1.29, 1.82) is 0 Å². The van der Waals surface area contributed by atoms with E-state index < -0.39 is 0 Å². The van der Waals surface area contributed by atoms with Crippen molar-refractivity contribution in [2.45, 2.75) is 163 Å². The van der Waals surface area contributed by atoms with Gasteiger partial charge in [0.05, 0.1) is 0 Å². The first-order valence-corrected chi connectivity index (χ1v) is 15.3. The summed E-state index contributed by atoms with van der Waals surface area (Å²) in [5.41, 5.74) is 0. The summed E-state index contributed by atoms with van der Waals surface area (Å²) in [5, 5.41) is 0. The summed E-state index contributed by atoms with van der Waals surface area (Å²) < 4.78 is 0. The zero-order valence-corrected chi connectivity index (χ0v) is 27.6. The van der Waals surface area contributed by atoms with Gasteiger partial charge in [-0.3, -0.25) is 14.7 Å². The predicted molar refractivity (Wildman–Crippen MR) is 169 cm³/mol. The minimum absolute atomic E-state index is 0.450. The molecule has 0 spiro atoms. The van der Waals surface area contributed by atoms with Crippen LogP contribution in [0.1, 0.15) is 96.9 Å². The molecule has 0 aromatic heterocycles. The largest absolute Gasteiger partial charge is 0.349 e. The summed E-state index contributed by atoms with van der Waals surface area (Å²) in [7, 11) is 17.8. The molecule has 0 aromatic rings. The summed E-state index contributed by atoms with van der Waals surface area (Å²) in [6.07, 6.45) is 0. The van der Waals surface area contributed by atoms with Gasteiger partial charge in [-0.05, 0) is 96.9 Å². The van der Waals surface area contributed by atoms with Gasteiger partial charge in [-0.25, -0.2) is 0 Å². The Balaban J connectivity index is 0.000000285. The molecule has 0 N–H and O–H groups in total. The van der Waals surface area contributed by atoms with Crippen LogP contribution in [0.4, 0.5) is 0 Å². The molecule has 6 radical (unpaired) electrons. The Morgan fingerprint density at radius 1 is 0.474 bits per heavy atom. The number of hydrogen-bond donors (Lipinski definition) is 0. The van der Waals surface area contributed by atoms with Crippen molar-refractivity contribution < 1.29 is 0 Å². The SMILES string of the molecule is [B]N1C(C)CN(C(C)C)C(C)C1C.[B]N1C(C)CN(C(C)C)CC1C.[B]N1CC(C)N(C(C)C)C(C)C1C. The van der Waals surface area contributed by atoms with Crippen molar-refractivity contribution in [3.63, 3.8) is 0 Å². The number of hydrogen-bond acceptors (Lipinski definition) is 6. The van der Waals surface area contributed by atoms with E-state index in [-0.39, 0.29) is 0 Å². The minimum atomic E-state index is 0.450. The summed E-state index contributed by atoms with van der Waals surface area (Å²) in [6.45, 7) is 35.5. The first-order chi connectivity index (χ1) is 17.4. The molecule has 0 bridgehead atoms. The fraction of sp³-hybridized carbons (Fsp3) is 1.00. The molecule has 38 heavy (non-hydrogen) atoms. The van der Waals surface area contributed by atoms with E-state index in [4.69, 9.17) is 23.9 Å². The Hall–Kier alpha value is -0.0452. The van der Waals surface area contributed by atoms with Crippen molar-refractivity contribution in [3.05, 3.63) is 0 Å². The molecule has 9 heteroatoms. The van der Waals surface area contributed by atoms with Gasteiger partial charge in [0.25, 0.3) is 0 Å². The molecule has 0 amide bonds. The molecular formula is C29H61B3N6. The fourth-order valence-electron chi connectivity index (χ4n) is 6.44. The third-order valence-corrected chi connectivity index (χ3v) is 9.36. The van der Waals surface area contributed by atoms with Crippen LogP contribution in [0.2, 0.25) is 0 Å². The standard InChI is InChI=1S/2C10H21BN2.C9H19BN2/c1-7(2)13-8(3)6-12(11)9(4)10(13)5;1-7(2)12-6-8(3)13(11)10(5)9(12)4;1-7(2)11-5-8(3)12(10)9(4)6-11/h2*7-10H,6H2,1-5H3;7-9H,5-6H2,1-4H3. The van der Waals surface area contributed by atoms with Crippen molar-refractivity contribution in [3.8, 4) is 0 Å². The summed E-state index contributed by atoms with van der Waals surface area (Å²) in [6, 6.07) is 5.88. The van der Waals surface area contributed by atoms with E-state index in [2.05, 4.69) is 112 Å². The second-order valence-electron chi connectivity index (χ2n) is 13.3. The van der Waals surface area contributed by atoms with Crippen molar-refractivity contribution in [1.82, 2.24) is 29.1 Å². The van der Waals surface area contributed by atoms with Gasteiger partial charge < -0.3 is 14.4 Å². The molecule has 0 aromatic carbocycles. The highest BCUT2D eigenvalue weighted by molar-refractivity contribution is 6.05. The first kappa shape index (κ1) is 36.0. The molecule has 0 aliphatic carbocycles. The van der Waals surface area contributed by atoms with Crippen LogP contribution >= 0.6 is 0 Å². The maximum Gasteiger partial charge on any atom is 0.183 e. The van der Waals surface area contributed by atoms with Gasteiger partial charge in [-0.15, -0.1) is 0 Å². The summed E-state index contributed by atoms with van der Waals surface area (Å²) in [4.78, 5) is 13.5. The second-order valence-corrected chi connectivity index (χ2v) is 13.3. The zero-order valence-electron chi connectivity index (χ0n) is 27.6. The Bertz CT molecular complexity index is 656. The molecule has 3 rings (SSSR count). The zero-order chi connectivity index (χ0) is 29.6. The van der Waals surface area contributed by atoms with Crippen molar-refractivity contribution >= 4 is 23.9 Å². The van der Waals surface area contributed by atoms with Gasteiger partial charge in [0.15, 0.2) is 23.9 Å². The van der Waals surface area contributed by atoms with Gasteiger partial charge >= 0.3 is 0 Å². The normalized spacial score (nSPS) is 37.2. The van der Waals surface area contributed by atoms with Crippen LogP contribution in [0.25, 0.3) is 0 Å². The van der Waals surface area contributed by atoms with E-state index >= 15 is 0 Å². The van der Waals surface area contributed by atoms with E-state index in [1.165, 1.54) is 0 Å². The van der Waals surface area contributed by atoms with Gasteiger partial charge in [0, 0.05) is 92.6 Å². The Morgan fingerprint density at radius 2 is 0.947 bits per heavy atom. The monoisotopic (exact) mass is 527 g/mol. The average Bonchev–Trinajstić information content (AvgIpc) is 2.82. The fourth-order valence-corrected chi connectivity index (χ4v) is 6.44. The molecule has 216 valence electrons. The topological polar surface area (TPSA) is 19.4 Å². The molecule has 3 aliphatic heterocycles. The van der Waals surface area contributed by atoms with Crippen LogP contribution in [0.5, 0.6) is 0 Å². The Morgan fingerprint density at radius 3 is 1.37 bits per heavy atom. The molecule has 8 atom stereocenters. The van der Waals surface area contributed by atoms with E-state index in [0.29, 0.717) is 66.5 Å². The van der Waals surface area contributed by atoms with E-state index in [0.717, 1.165) is 26.2 Å². The van der Waals surface area contributed by atoms with Crippen LogP contribution in [0.3, 0.4) is 0 Å². The number of piperazine rings is 3. The molecule has 3 heterocycles. The van der Waals surface area contributed by atoms with Crippen LogP contribution in [0.15, 0.2) is 0 Å². The lowest BCUT2D eigenvalue weighted by atomic mass is 9.95. The lowest BCUT2D eigenvalue weighted by molar-refractivity contribution is 0.0172. The highest BCUT2D eigenvalue weighted by Gasteiger charge is 2.34.